The fourth-order valence-corrected chi connectivity index (χ4v) is 3.58. The number of hydrogen-bond acceptors (Lipinski definition) is 4. The number of hydrogen-bond donors (Lipinski definition) is 2. The summed E-state index contributed by atoms with van der Waals surface area (Å²) in [4.78, 5) is 1.09. The molecule has 0 bridgehead atoms. The second-order valence-electron chi connectivity index (χ2n) is 5.69. The summed E-state index contributed by atoms with van der Waals surface area (Å²) in [6, 6.07) is 8.67. The van der Waals surface area contributed by atoms with Crippen LogP contribution in [0.15, 0.2) is 33.6 Å². The number of nitrogens with two attached hydrogens (primary N) is 1. The largest absolute Gasteiger partial charge is 0.377 e. The van der Waals surface area contributed by atoms with Crippen molar-refractivity contribution in [2.75, 3.05) is 0 Å². The number of thioether (sulfide) groups is 1. The van der Waals surface area contributed by atoms with Crippen molar-refractivity contribution in [3.05, 3.63) is 29.8 Å². The lowest BCUT2D eigenvalue weighted by Crippen LogP contribution is -2.12. The molecule has 0 amide bonds. The summed E-state index contributed by atoms with van der Waals surface area (Å²) in [6.45, 7) is 3.97. The van der Waals surface area contributed by atoms with Crippen LogP contribution < -0.4 is 5.73 Å². The molecule has 3 nitrogen and oxygen atoms in total. The van der Waals surface area contributed by atoms with Gasteiger partial charge in [-0.15, -0.1) is 0 Å². The molecule has 1 saturated carbocycles. The molecular weight excluding hydrogens is 298 g/mol. The van der Waals surface area contributed by atoms with E-state index in [0.717, 1.165) is 10.8 Å². The summed E-state index contributed by atoms with van der Waals surface area (Å²) < 4.78 is 4.28. The molecular formula is C16H23N3S2. The first-order chi connectivity index (χ1) is 10.1. The third kappa shape index (κ3) is 5.08. The minimum atomic E-state index is 0.194. The molecule has 1 aromatic carbocycles. The van der Waals surface area contributed by atoms with Gasteiger partial charge < -0.3 is 5.73 Å². The molecule has 0 heterocycles. The van der Waals surface area contributed by atoms with Crippen molar-refractivity contribution in [2.45, 2.75) is 50.3 Å². The molecule has 2 rings (SSSR count). The highest BCUT2D eigenvalue weighted by molar-refractivity contribution is 8.26. The topological polar surface area (TPSA) is 62.2 Å². The van der Waals surface area contributed by atoms with Gasteiger partial charge in [0, 0.05) is 22.8 Å². The van der Waals surface area contributed by atoms with Gasteiger partial charge in [-0.3, -0.25) is 5.41 Å². The van der Waals surface area contributed by atoms with Gasteiger partial charge in [-0.2, -0.15) is 4.40 Å². The second-order valence-corrected chi connectivity index (χ2v) is 7.59. The molecule has 0 spiro atoms. The average Bonchev–Trinajstić information content (AvgIpc) is 2.99. The van der Waals surface area contributed by atoms with E-state index < -0.39 is 0 Å². The zero-order valence-corrected chi connectivity index (χ0v) is 14.3. The van der Waals surface area contributed by atoms with Crippen molar-refractivity contribution in [1.82, 2.24) is 0 Å². The normalized spacial score (nSPS) is 16.6. The van der Waals surface area contributed by atoms with Crippen molar-refractivity contribution in [2.24, 2.45) is 16.0 Å². The Bertz CT molecular complexity index is 503. The van der Waals surface area contributed by atoms with Gasteiger partial charge in [-0.1, -0.05) is 38.8 Å². The van der Waals surface area contributed by atoms with E-state index in [4.69, 9.17) is 11.1 Å². The van der Waals surface area contributed by atoms with E-state index in [1.165, 1.54) is 55.0 Å². The Morgan fingerprint density at radius 1 is 1.24 bits per heavy atom. The van der Waals surface area contributed by atoms with E-state index >= 15 is 0 Å². The lowest BCUT2D eigenvalue weighted by molar-refractivity contribution is 0.722. The fourth-order valence-electron chi connectivity index (χ4n) is 2.41. The minimum Gasteiger partial charge on any atom is -0.377 e. The summed E-state index contributed by atoms with van der Waals surface area (Å²) in [5.74, 6) is 0.944. The zero-order chi connectivity index (χ0) is 15.2. The fraction of sp³-hybridized carbons (Fsp3) is 0.500. The van der Waals surface area contributed by atoms with Crippen molar-refractivity contribution in [3.63, 3.8) is 0 Å². The maximum Gasteiger partial charge on any atom is 0.172 e. The van der Waals surface area contributed by atoms with Crippen LogP contribution in [0.3, 0.4) is 0 Å². The van der Waals surface area contributed by atoms with Crippen LogP contribution >= 0.6 is 23.7 Å². The second kappa shape index (κ2) is 7.90. The maximum absolute atomic E-state index is 7.77. The predicted octanol–water partition coefficient (Wildman–Crippen LogP) is 5.03. The standard InChI is InChI=1S/C16H23N3S2/c1-11(2)15(17)20-16(18)19-21-14-9-7-13(8-10-14)12-5-3-4-6-12/h7-12,17H,3-6H2,1-2H3,(H2,18,19). The van der Waals surface area contributed by atoms with E-state index in [0.29, 0.717) is 10.2 Å². The molecule has 0 unspecified atom stereocenters. The molecule has 0 radical (unpaired) electrons. The monoisotopic (exact) mass is 321 g/mol. The predicted molar refractivity (Wildman–Crippen MR) is 95.3 cm³/mol. The van der Waals surface area contributed by atoms with Gasteiger partial charge in [0.25, 0.3) is 0 Å². The van der Waals surface area contributed by atoms with Gasteiger partial charge in [0.15, 0.2) is 5.17 Å². The number of rotatable bonds is 4. The molecule has 21 heavy (non-hydrogen) atoms. The van der Waals surface area contributed by atoms with Gasteiger partial charge in [0.05, 0.1) is 5.04 Å². The number of nitrogens with zero attached hydrogens (tertiary/aromatic N) is 1. The molecule has 3 N–H and O–H groups in total. The minimum absolute atomic E-state index is 0.194. The van der Waals surface area contributed by atoms with Crippen LogP contribution in [0.1, 0.15) is 51.0 Å². The Hall–Kier alpha value is -0.940. The summed E-state index contributed by atoms with van der Waals surface area (Å²) in [7, 11) is 0. The van der Waals surface area contributed by atoms with Crippen LogP contribution in [0.5, 0.6) is 0 Å². The highest BCUT2D eigenvalue weighted by atomic mass is 32.2. The van der Waals surface area contributed by atoms with Crippen LogP contribution in [-0.2, 0) is 0 Å². The van der Waals surface area contributed by atoms with E-state index in [1.807, 2.05) is 13.8 Å². The third-order valence-corrected chi connectivity index (χ3v) is 5.56. The van der Waals surface area contributed by atoms with Crippen LogP contribution in [0, 0.1) is 11.3 Å². The zero-order valence-electron chi connectivity index (χ0n) is 12.6. The first kappa shape index (κ1) is 16.4. The Kier molecular flexibility index (Phi) is 6.18. The summed E-state index contributed by atoms with van der Waals surface area (Å²) in [5, 5.41) is 8.77. The van der Waals surface area contributed by atoms with Crippen LogP contribution in [0.2, 0.25) is 0 Å². The molecule has 1 fully saturated rings. The van der Waals surface area contributed by atoms with Crippen LogP contribution in [-0.4, -0.2) is 10.2 Å². The molecule has 1 aliphatic rings. The molecule has 1 aliphatic carbocycles. The number of amidine groups is 1. The molecule has 5 heteroatoms. The van der Waals surface area contributed by atoms with Crippen molar-refractivity contribution < 1.29 is 0 Å². The Labute approximate surface area is 135 Å². The Morgan fingerprint density at radius 2 is 1.86 bits per heavy atom. The van der Waals surface area contributed by atoms with Gasteiger partial charge in [0.2, 0.25) is 0 Å². The summed E-state index contributed by atoms with van der Waals surface area (Å²) in [5.41, 5.74) is 7.29. The quantitative estimate of drug-likeness (QED) is 0.464. The third-order valence-electron chi connectivity index (χ3n) is 3.69. The Morgan fingerprint density at radius 3 is 2.43 bits per heavy atom. The highest BCUT2D eigenvalue weighted by Crippen LogP contribution is 2.34. The smallest absolute Gasteiger partial charge is 0.172 e. The summed E-state index contributed by atoms with van der Waals surface area (Å²) >= 11 is 2.62. The van der Waals surface area contributed by atoms with E-state index in [1.54, 1.807) is 0 Å². The molecule has 0 aromatic heterocycles. The lowest BCUT2D eigenvalue weighted by Gasteiger charge is -2.09. The van der Waals surface area contributed by atoms with Crippen molar-refractivity contribution in [3.8, 4) is 0 Å². The van der Waals surface area contributed by atoms with Crippen molar-refractivity contribution >= 4 is 33.9 Å². The van der Waals surface area contributed by atoms with Crippen LogP contribution in [0.4, 0.5) is 0 Å². The molecule has 0 atom stereocenters. The Balaban J connectivity index is 1.89. The summed E-state index contributed by atoms with van der Waals surface area (Å²) in [6.07, 6.45) is 5.37. The van der Waals surface area contributed by atoms with Crippen molar-refractivity contribution in [1.29, 1.82) is 5.41 Å². The first-order valence-electron chi connectivity index (χ1n) is 7.43. The molecule has 114 valence electrons. The van der Waals surface area contributed by atoms with E-state index in [9.17, 15) is 0 Å². The van der Waals surface area contributed by atoms with Gasteiger partial charge in [-0.05, 0) is 48.2 Å². The van der Waals surface area contributed by atoms with Gasteiger partial charge >= 0.3 is 0 Å². The average molecular weight is 322 g/mol. The number of nitrogens with one attached hydrogen (secondary N) is 1. The molecule has 0 saturated heterocycles. The molecule has 0 aliphatic heterocycles. The highest BCUT2D eigenvalue weighted by Gasteiger charge is 2.16. The van der Waals surface area contributed by atoms with Crippen LogP contribution in [0.25, 0.3) is 0 Å². The lowest BCUT2D eigenvalue weighted by atomic mass is 9.98. The number of benzene rings is 1. The van der Waals surface area contributed by atoms with E-state index in [-0.39, 0.29) is 5.92 Å². The molecule has 1 aromatic rings. The van der Waals surface area contributed by atoms with Gasteiger partial charge in [0.1, 0.15) is 0 Å². The first-order valence-corrected chi connectivity index (χ1v) is 9.02. The SMILES string of the molecule is CC(C)C(=N)S/C(N)=N\Sc1ccc(C2CCCC2)cc1. The van der Waals surface area contributed by atoms with E-state index in [2.05, 4.69) is 28.7 Å². The maximum atomic E-state index is 7.77. The van der Waals surface area contributed by atoms with Gasteiger partial charge in [-0.25, -0.2) is 0 Å².